The Labute approximate surface area is 202 Å². The fraction of sp³-hybridized carbons (Fsp3) is 0.400. The zero-order chi connectivity index (χ0) is 22.7. The van der Waals surface area contributed by atoms with Gasteiger partial charge in [0.05, 0.1) is 11.5 Å². The van der Waals surface area contributed by atoms with Crippen molar-refractivity contribution in [2.45, 2.75) is 49.6 Å². The third-order valence-corrected chi connectivity index (χ3v) is 7.19. The highest BCUT2D eigenvalue weighted by molar-refractivity contribution is 9.10. The molecular formula is C25H29BrClN3O2. The highest BCUT2D eigenvalue weighted by Gasteiger charge is 2.53. The summed E-state index contributed by atoms with van der Waals surface area (Å²) in [5.74, 6) is -0.0122. The molecule has 1 saturated heterocycles. The standard InChI is InChI=1S/C25H29BrClN3O2/c1-16(29-20-3-2-12-28-15-20)22(13-17-4-6-18(26)7-5-17)30-24(32)25(10-11-25)21-9-8-19(27)14-23(21)31/h4-9,14,20,22,28-29,31H,1-3,10-13,15H2,(H,30,32)/t20-,22+/m1/s1. The van der Waals surface area contributed by atoms with Crippen molar-refractivity contribution < 1.29 is 9.90 Å². The summed E-state index contributed by atoms with van der Waals surface area (Å²) in [5, 5.41) is 21.1. The fourth-order valence-electron chi connectivity index (χ4n) is 4.40. The van der Waals surface area contributed by atoms with Gasteiger partial charge in [-0.25, -0.2) is 0 Å². The van der Waals surface area contributed by atoms with E-state index in [1.54, 1.807) is 12.1 Å². The number of rotatable bonds is 8. The van der Waals surface area contributed by atoms with Crippen LogP contribution in [0, 0.1) is 0 Å². The molecule has 2 atom stereocenters. The van der Waals surface area contributed by atoms with Gasteiger partial charge in [0.1, 0.15) is 5.75 Å². The first-order valence-corrected chi connectivity index (χ1v) is 12.2. The second-order valence-electron chi connectivity index (χ2n) is 8.81. The molecule has 4 rings (SSSR count). The van der Waals surface area contributed by atoms with Crippen LogP contribution in [0.4, 0.5) is 0 Å². The first-order valence-electron chi connectivity index (χ1n) is 11.1. The predicted molar refractivity (Wildman–Crippen MR) is 132 cm³/mol. The monoisotopic (exact) mass is 517 g/mol. The second-order valence-corrected chi connectivity index (χ2v) is 10.2. The fourth-order valence-corrected chi connectivity index (χ4v) is 4.84. The topological polar surface area (TPSA) is 73.4 Å². The molecule has 1 saturated carbocycles. The SMILES string of the molecule is C=C(N[C@@H]1CCCNC1)[C@H](Cc1ccc(Br)cc1)NC(=O)C1(c2ccc(Cl)cc2O)CC1. The number of hydrogen-bond acceptors (Lipinski definition) is 4. The highest BCUT2D eigenvalue weighted by Crippen LogP contribution is 2.51. The van der Waals surface area contributed by atoms with Gasteiger partial charge < -0.3 is 21.1 Å². The molecule has 0 unspecified atom stereocenters. The van der Waals surface area contributed by atoms with E-state index in [-0.39, 0.29) is 17.7 Å². The van der Waals surface area contributed by atoms with Crippen LogP contribution in [0.5, 0.6) is 5.75 Å². The average molecular weight is 519 g/mol. The molecule has 5 nitrogen and oxygen atoms in total. The molecule has 0 aromatic heterocycles. The van der Waals surface area contributed by atoms with Gasteiger partial charge in [-0.2, -0.15) is 0 Å². The summed E-state index contributed by atoms with van der Waals surface area (Å²) in [6.45, 7) is 6.22. The lowest BCUT2D eigenvalue weighted by atomic mass is 9.92. The first-order chi connectivity index (χ1) is 15.4. The summed E-state index contributed by atoms with van der Waals surface area (Å²) in [5.41, 5.74) is 1.85. The van der Waals surface area contributed by atoms with Crippen LogP contribution in [-0.4, -0.2) is 36.2 Å². The maximum absolute atomic E-state index is 13.5. The van der Waals surface area contributed by atoms with Gasteiger partial charge in [0, 0.05) is 33.3 Å². The molecule has 2 aromatic rings. The Morgan fingerprint density at radius 2 is 2.03 bits per heavy atom. The van der Waals surface area contributed by atoms with Gasteiger partial charge in [-0.15, -0.1) is 0 Å². The van der Waals surface area contributed by atoms with Crippen molar-refractivity contribution in [1.29, 1.82) is 0 Å². The third kappa shape index (κ3) is 5.30. The van der Waals surface area contributed by atoms with Gasteiger partial charge >= 0.3 is 0 Å². The molecule has 170 valence electrons. The zero-order valence-corrected chi connectivity index (χ0v) is 20.3. The van der Waals surface area contributed by atoms with Crippen LogP contribution in [0.1, 0.15) is 36.8 Å². The third-order valence-electron chi connectivity index (χ3n) is 6.43. The number of halogens is 2. The number of nitrogens with one attached hydrogen (secondary N) is 3. The minimum atomic E-state index is -0.709. The van der Waals surface area contributed by atoms with E-state index in [0.717, 1.165) is 41.7 Å². The number of hydrogen-bond donors (Lipinski definition) is 4. The zero-order valence-electron chi connectivity index (χ0n) is 18.0. The summed E-state index contributed by atoms with van der Waals surface area (Å²) in [6.07, 6.45) is 4.23. The van der Waals surface area contributed by atoms with Crippen LogP contribution in [0.15, 0.2) is 59.2 Å². The van der Waals surface area contributed by atoms with Crippen molar-refractivity contribution in [3.8, 4) is 5.75 Å². The molecule has 32 heavy (non-hydrogen) atoms. The minimum Gasteiger partial charge on any atom is -0.508 e. The lowest BCUT2D eigenvalue weighted by molar-refractivity contribution is -0.124. The summed E-state index contributed by atoms with van der Waals surface area (Å²) < 4.78 is 1.02. The number of phenolic OH excluding ortho intramolecular Hbond substituents is 1. The molecule has 4 N–H and O–H groups in total. The predicted octanol–water partition coefficient (Wildman–Crippen LogP) is 4.42. The van der Waals surface area contributed by atoms with Crippen LogP contribution in [0.3, 0.4) is 0 Å². The number of carbonyl (C=O) groups is 1. The second kappa shape index (κ2) is 9.86. The van der Waals surface area contributed by atoms with Crippen molar-refractivity contribution >= 4 is 33.4 Å². The van der Waals surface area contributed by atoms with E-state index in [9.17, 15) is 9.90 Å². The van der Waals surface area contributed by atoms with Gasteiger partial charge in [0.2, 0.25) is 5.91 Å². The summed E-state index contributed by atoms with van der Waals surface area (Å²) in [7, 11) is 0. The van der Waals surface area contributed by atoms with E-state index < -0.39 is 5.41 Å². The van der Waals surface area contributed by atoms with Crippen LogP contribution in [0.25, 0.3) is 0 Å². The Balaban J connectivity index is 1.52. The first kappa shape index (κ1) is 23.1. The molecule has 1 aliphatic carbocycles. The Bertz CT molecular complexity index is 985. The van der Waals surface area contributed by atoms with Crippen molar-refractivity contribution in [2.75, 3.05) is 13.1 Å². The quantitative estimate of drug-likeness (QED) is 0.417. The van der Waals surface area contributed by atoms with Gasteiger partial charge in [-0.05, 0) is 68.5 Å². The molecule has 2 fully saturated rings. The summed E-state index contributed by atoms with van der Waals surface area (Å²) in [4.78, 5) is 13.5. The average Bonchev–Trinajstić information content (AvgIpc) is 3.57. The van der Waals surface area contributed by atoms with E-state index in [1.807, 2.05) is 12.1 Å². The van der Waals surface area contributed by atoms with Crippen molar-refractivity contribution in [3.63, 3.8) is 0 Å². The molecule has 2 aliphatic rings. The van der Waals surface area contributed by atoms with Crippen LogP contribution in [-0.2, 0) is 16.6 Å². The van der Waals surface area contributed by atoms with Crippen molar-refractivity contribution in [1.82, 2.24) is 16.0 Å². The van der Waals surface area contributed by atoms with Gasteiger partial charge in [-0.3, -0.25) is 4.79 Å². The van der Waals surface area contributed by atoms with Gasteiger partial charge in [0.15, 0.2) is 0 Å². The lowest BCUT2D eigenvalue weighted by Crippen LogP contribution is -2.50. The molecule has 0 radical (unpaired) electrons. The Morgan fingerprint density at radius 3 is 2.66 bits per heavy atom. The van der Waals surface area contributed by atoms with Gasteiger partial charge in [0.25, 0.3) is 0 Å². The number of aromatic hydroxyl groups is 1. The van der Waals surface area contributed by atoms with E-state index in [0.29, 0.717) is 35.9 Å². The molecule has 0 bridgehead atoms. The number of piperidine rings is 1. The van der Waals surface area contributed by atoms with Crippen molar-refractivity contribution in [2.24, 2.45) is 0 Å². The molecular weight excluding hydrogens is 490 g/mol. The molecule has 7 heteroatoms. The largest absolute Gasteiger partial charge is 0.508 e. The van der Waals surface area contributed by atoms with E-state index >= 15 is 0 Å². The number of phenols is 1. The molecule has 1 amide bonds. The normalized spacial score (nSPS) is 20.2. The van der Waals surface area contributed by atoms with E-state index in [1.165, 1.54) is 6.07 Å². The smallest absolute Gasteiger partial charge is 0.231 e. The number of amides is 1. The summed E-state index contributed by atoms with van der Waals surface area (Å²) >= 11 is 9.48. The Kier molecular flexibility index (Phi) is 7.13. The molecule has 0 spiro atoms. The van der Waals surface area contributed by atoms with Crippen LogP contribution >= 0.6 is 27.5 Å². The maximum atomic E-state index is 13.5. The lowest BCUT2D eigenvalue weighted by Gasteiger charge is -2.30. The Morgan fingerprint density at radius 1 is 1.28 bits per heavy atom. The van der Waals surface area contributed by atoms with Gasteiger partial charge in [-0.1, -0.05) is 52.3 Å². The molecule has 1 heterocycles. The number of carbonyl (C=O) groups excluding carboxylic acids is 1. The Hall–Kier alpha value is -2.02. The number of benzene rings is 2. The van der Waals surface area contributed by atoms with E-state index in [4.69, 9.17) is 11.6 Å². The van der Waals surface area contributed by atoms with Crippen LogP contribution < -0.4 is 16.0 Å². The van der Waals surface area contributed by atoms with Crippen LogP contribution in [0.2, 0.25) is 5.02 Å². The summed E-state index contributed by atoms with van der Waals surface area (Å²) in [6, 6.07) is 13.1. The van der Waals surface area contributed by atoms with Crippen molar-refractivity contribution in [3.05, 3.63) is 75.4 Å². The minimum absolute atomic E-state index is 0.0693. The van der Waals surface area contributed by atoms with E-state index in [2.05, 4.69) is 50.6 Å². The molecule has 1 aliphatic heterocycles. The highest BCUT2D eigenvalue weighted by atomic mass is 79.9. The maximum Gasteiger partial charge on any atom is 0.231 e. The molecule has 2 aromatic carbocycles.